The standard InChI is InChI=1S/C41H58ClN8O8P/c1-26-20-29(51)23-50(26)39(54)37(41(2,3)4)47-36(53)25-58-19-18-57-24-35(52)44-27-14-16-49(17-15-27)28-12-13-31(33(21-28)56-5)46-40-43-22-30(42)38(48-40)45-32-10-8-9-11-34(32)59(6,7)55/h8-13,21-22,26-27,29,37,51H,14-20,23-25H2,1-7H3,(H,44,52)(H,47,53)(H2,43,45,46,48)/t26-,29-,37-/m1/s1. The van der Waals surface area contributed by atoms with Gasteiger partial charge >= 0.3 is 0 Å². The molecule has 2 saturated heterocycles. The highest BCUT2D eigenvalue weighted by Crippen LogP contribution is 2.39. The van der Waals surface area contributed by atoms with Crippen molar-refractivity contribution in [2.75, 3.05) is 82.0 Å². The van der Waals surface area contributed by atoms with Crippen molar-refractivity contribution in [2.24, 2.45) is 5.41 Å². The van der Waals surface area contributed by atoms with Crippen LogP contribution in [0.2, 0.25) is 5.02 Å². The first-order valence-corrected chi connectivity index (χ1v) is 22.8. The normalized spacial score (nSPS) is 18.0. The van der Waals surface area contributed by atoms with E-state index in [1.54, 1.807) is 25.3 Å². The van der Waals surface area contributed by atoms with Gasteiger partial charge in [-0.05, 0) is 69.2 Å². The number of ether oxygens (including phenoxy) is 3. The van der Waals surface area contributed by atoms with E-state index in [2.05, 4.69) is 36.1 Å². The molecule has 18 heteroatoms. The Labute approximate surface area is 351 Å². The van der Waals surface area contributed by atoms with Gasteiger partial charge in [0.1, 0.15) is 37.2 Å². The lowest BCUT2D eigenvalue weighted by atomic mass is 9.85. The van der Waals surface area contributed by atoms with Gasteiger partial charge in [-0.1, -0.05) is 44.5 Å². The van der Waals surface area contributed by atoms with Gasteiger partial charge in [0.05, 0.1) is 44.0 Å². The van der Waals surface area contributed by atoms with Crippen LogP contribution in [0.25, 0.3) is 0 Å². The Kier molecular flexibility index (Phi) is 15.6. The number of β-amino-alcohol motifs (C(OH)–C–C–N with tert-alkyl or cyclic N) is 1. The molecular weight excluding hydrogens is 799 g/mol. The lowest BCUT2D eigenvalue weighted by Crippen LogP contribution is -2.56. The molecule has 322 valence electrons. The Hall–Kier alpha value is -4.47. The number of carbonyl (C=O) groups excluding carboxylic acids is 3. The summed E-state index contributed by atoms with van der Waals surface area (Å²) in [4.78, 5) is 51.3. The van der Waals surface area contributed by atoms with E-state index >= 15 is 0 Å². The van der Waals surface area contributed by atoms with Crippen LogP contribution in [0.1, 0.15) is 47.0 Å². The van der Waals surface area contributed by atoms with Gasteiger partial charge in [0.15, 0.2) is 5.82 Å². The number of carbonyl (C=O) groups is 3. The zero-order valence-electron chi connectivity index (χ0n) is 34.9. The number of hydrogen-bond donors (Lipinski definition) is 5. The van der Waals surface area contributed by atoms with Crippen molar-refractivity contribution in [1.29, 1.82) is 0 Å². The third-order valence-corrected chi connectivity index (χ3v) is 12.1. The van der Waals surface area contributed by atoms with Crippen LogP contribution in [-0.4, -0.2) is 128 Å². The second-order valence-corrected chi connectivity index (χ2v) is 20.0. The van der Waals surface area contributed by atoms with Crippen LogP contribution < -0.4 is 36.2 Å². The number of hydrogen-bond acceptors (Lipinski definition) is 13. The molecule has 2 aliphatic rings. The zero-order valence-corrected chi connectivity index (χ0v) is 36.6. The predicted molar refractivity (Wildman–Crippen MR) is 230 cm³/mol. The minimum absolute atomic E-state index is 0.00572. The molecule has 0 saturated carbocycles. The molecule has 2 fully saturated rings. The third kappa shape index (κ3) is 12.8. The monoisotopic (exact) mass is 856 g/mol. The quantitative estimate of drug-likeness (QED) is 0.0941. The van der Waals surface area contributed by atoms with Crippen molar-refractivity contribution < 1.29 is 38.3 Å². The zero-order chi connectivity index (χ0) is 42.9. The number of aliphatic hydroxyl groups excluding tert-OH is 1. The number of nitrogens with one attached hydrogen (secondary N) is 4. The molecule has 5 rings (SSSR count). The average molecular weight is 857 g/mol. The molecule has 3 amide bonds. The summed E-state index contributed by atoms with van der Waals surface area (Å²) >= 11 is 6.44. The van der Waals surface area contributed by atoms with Crippen LogP contribution in [-0.2, 0) is 28.4 Å². The minimum Gasteiger partial charge on any atom is -0.494 e. The van der Waals surface area contributed by atoms with E-state index in [1.165, 1.54) is 6.20 Å². The van der Waals surface area contributed by atoms with Crippen LogP contribution in [0.5, 0.6) is 5.75 Å². The number of rotatable bonds is 17. The Morgan fingerprint density at radius 1 is 1.00 bits per heavy atom. The van der Waals surface area contributed by atoms with E-state index in [1.807, 2.05) is 70.2 Å². The Morgan fingerprint density at radius 3 is 2.31 bits per heavy atom. The number of aliphatic hydroxyl groups is 1. The summed E-state index contributed by atoms with van der Waals surface area (Å²) in [6.07, 6.45) is 2.92. The summed E-state index contributed by atoms with van der Waals surface area (Å²) in [5.41, 5.74) is 1.74. The van der Waals surface area contributed by atoms with Gasteiger partial charge < -0.3 is 54.9 Å². The number of para-hydroxylation sites is 1. The van der Waals surface area contributed by atoms with E-state index < -0.39 is 30.6 Å². The summed E-state index contributed by atoms with van der Waals surface area (Å²) in [5, 5.41) is 23.3. The second-order valence-electron chi connectivity index (χ2n) is 16.4. The van der Waals surface area contributed by atoms with E-state index in [4.69, 9.17) is 25.8 Å². The fourth-order valence-electron chi connectivity index (χ4n) is 7.12. The number of methoxy groups -OCH3 is 1. The van der Waals surface area contributed by atoms with E-state index in [0.29, 0.717) is 45.6 Å². The van der Waals surface area contributed by atoms with Crippen LogP contribution in [0.15, 0.2) is 48.7 Å². The molecule has 3 atom stereocenters. The highest BCUT2D eigenvalue weighted by Gasteiger charge is 2.40. The molecule has 59 heavy (non-hydrogen) atoms. The first-order chi connectivity index (χ1) is 27.9. The average Bonchev–Trinajstić information content (AvgIpc) is 3.53. The predicted octanol–water partition coefficient (Wildman–Crippen LogP) is 4.50. The smallest absolute Gasteiger partial charge is 0.246 e. The number of halogens is 1. The summed E-state index contributed by atoms with van der Waals surface area (Å²) in [6, 6.07) is 12.3. The topological polar surface area (TPSA) is 197 Å². The fourth-order valence-corrected chi connectivity index (χ4v) is 8.41. The van der Waals surface area contributed by atoms with E-state index in [0.717, 1.165) is 31.6 Å². The van der Waals surface area contributed by atoms with Crippen molar-refractivity contribution >= 4 is 70.6 Å². The molecule has 2 aliphatic heterocycles. The molecule has 5 N–H and O–H groups in total. The number of aromatic nitrogens is 2. The van der Waals surface area contributed by atoms with Crippen molar-refractivity contribution in [1.82, 2.24) is 25.5 Å². The van der Waals surface area contributed by atoms with Gasteiger partial charge in [-0.15, -0.1) is 0 Å². The Morgan fingerprint density at radius 2 is 1.68 bits per heavy atom. The van der Waals surface area contributed by atoms with Crippen molar-refractivity contribution in [3.63, 3.8) is 0 Å². The second kappa shape index (κ2) is 20.2. The van der Waals surface area contributed by atoms with Gasteiger partial charge in [-0.3, -0.25) is 14.4 Å². The number of piperidine rings is 1. The minimum atomic E-state index is -2.57. The van der Waals surface area contributed by atoms with Gasteiger partial charge in [-0.2, -0.15) is 4.98 Å². The number of anilines is 5. The highest BCUT2D eigenvalue weighted by atomic mass is 35.5. The van der Waals surface area contributed by atoms with Crippen LogP contribution in [0.3, 0.4) is 0 Å². The molecule has 3 aromatic rings. The highest BCUT2D eigenvalue weighted by molar-refractivity contribution is 7.70. The lowest BCUT2D eigenvalue weighted by Gasteiger charge is -2.35. The molecule has 0 bridgehead atoms. The van der Waals surface area contributed by atoms with Gasteiger partial charge in [0.2, 0.25) is 23.7 Å². The molecule has 1 aromatic heterocycles. The maximum atomic E-state index is 13.2. The van der Waals surface area contributed by atoms with Crippen LogP contribution >= 0.6 is 18.7 Å². The van der Waals surface area contributed by atoms with Gasteiger partial charge in [0.25, 0.3) is 0 Å². The summed E-state index contributed by atoms with van der Waals surface area (Å²) in [5.74, 6) is 0.371. The first-order valence-electron chi connectivity index (χ1n) is 19.8. The van der Waals surface area contributed by atoms with E-state index in [-0.39, 0.29) is 56.9 Å². The lowest BCUT2D eigenvalue weighted by molar-refractivity contribution is -0.141. The third-order valence-electron chi connectivity index (χ3n) is 10.2. The largest absolute Gasteiger partial charge is 0.494 e. The molecule has 3 heterocycles. The van der Waals surface area contributed by atoms with Crippen LogP contribution in [0, 0.1) is 5.41 Å². The van der Waals surface area contributed by atoms with Gasteiger partial charge in [0, 0.05) is 48.8 Å². The Bertz CT molecular complexity index is 1990. The SMILES string of the molecule is COc1cc(N2CCC(NC(=O)COCCOCC(=O)N[C@H](C(=O)N3C[C@H](O)C[C@H]3C)C(C)(C)C)CC2)ccc1Nc1ncc(Cl)c(Nc2ccccc2P(C)(C)=O)n1. The number of benzene rings is 2. The molecule has 0 spiro atoms. The molecule has 0 aliphatic carbocycles. The molecule has 0 radical (unpaired) electrons. The van der Waals surface area contributed by atoms with Gasteiger partial charge in [-0.25, -0.2) is 4.98 Å². The van der Waals surface area contributed by atoms with Crippen molar-refractivity contribution in [3.8, 4) is 5.75 Å². The summed E-state index contributed by atoms with van der Waals surface area (Å²) < 4.78 is 29.5. The van der Waals surface area contributed by atoms with E-state index in [9.17, 15) is 24.1 Å². The Balaban J connectivity index is 1.02. The first kappa shape index (κ1) is 45.6. The molecule has 0 unspecified atom stereocenters. The molecule has 16 nitrogen and oxygen atoms in total. The molecular formula is C41H58ClN8O8P. The maximum absolute atomic E-state index is 13.2. The fraction of sp³-hybridized carbons (Fsp3) is 0.537. The van der Waals surface area contributed by atoms with Crippen molar-refractivity contribution in [3.05, 3.63) is 53.7 Å². The number of likely N-dealkylation sites (tertiary alicyclic amines) is 1. The molecule has 2 aromatic carbocycles. The summed E-state index contributed by atoms with van der Waals surface area (Å²) in [7, 11) is -0.976. The number of amides is 3. The number of nitrogens with zero attached hydrogens (tertiary/aromatic N) is 4. The maximum Gasteiger partial charge on any atom is 0.246 e. The van der Waals surface area contributed by atoms with Crippen LogP contribution in [0.4, 0.5) is 28.8 Å². The van der Waals surface area contributed by atoms with Crippen molar-refractivity contribution in [2.45, 2.75) is 71.2 Å². The summed E-state index contributed by atoms with van der Waals surface area (Å²) in [6.45, 7) is 12.5.